The highest BCUT2D eigenvalue weighted by atomic mass is 35.5. The average Bonchev–Trinajstić information content (AvgIpc) is 1.62. The molecule has 666 valence electrons. The highest BCUT2D eigenvalue weighted by Crippen LogP contribution is 2.34. The lowest BCUT2D eigenvalue weighted by atomic mass is 9.98. The van der Waals surface area contributed by atoms with E-state index in [4.69, 9.17) is 27.9 Å². The van der Waals surface area contributed by atoms with E-state index in [2.05, 4.69) is 118 Å². The number of ether oxygens (including phenoxy) is 1. The van der Waals surface area contributed by atoms with E-state index < -0.39 is 0 Å². The first-order valence-corrected chi connectivity index (χ1v) is 45.6. The van der Waals surface area contributed by atoms with Gasteiger partial charge < -0.3 is 43.5 Å². The summed E-state index contributed by atoms with van der Waals surface area (Å²) < 4.78 is 19.0. The van der Waals surface area contributed by atoms with Crippen LogP contribution in [0.3, 0.4) is 0 Å². The first kappa shape index (κ1) is 88.3. The van der Waals surface area contributed by atoms with E-state index in [1.165, 1.54) is 25.5 Å². The van der Waals surface area contributed by atoms with Gasteiger partial charge in [0.1, 0.15) is 47.5 Å². The molecule has 5 aliphatic rings. The molecule has 130 heavy (non-hydrogen) atoms. The van der Waals surface area contributed by atoms with E-state index in [0.717, 1.165) is 248 Å². The van der Waals surface area contributed by atoms with Gasteiger partial charge in [0.05, 0.1) is 94.3 Å². The number of nitrogens with zero attached hydrogens (tertiary/aromatic N) is 22. The van der Waals surface area contributed by atoms with Crippen molar-refractivity contribution in [1.29, 1.82) is 0 Å². The number of amides is 4. The lowest BCUT2D eigenvalue weighted by Crippen LogP contribution is -2.37. The van der Waals surface area contributed by atoms with Crippen LogP contribution in [0.15, 0.2) is 234 Å². The molecule has 0 atom stereocenters. The van der Waals surface area contributed by atoms with Gasteiger partial charge in [0.2, 0.25) is 0 Å². The zero-order valence-electron chi connectivity index (χ0n) is 73.9. The van der Waals surface area contributed by atoms with E-state index >= 15 is 0 Å². The monoisotopic (exact) mass is 1780 g/mol. The van der Waals surface area contributed by atoms with Crippen molar-refractivity contribution >= 4 is 108 Å². The van der Waals surface area contributed by atoms with Gasteiger partial charge in [0, 0.05) is 177 Å². The van der Waals surface area contributed by atoms with Crippen LogP contribution >= 0.6 is 23.2 Å². The zero-order chi connectivity index (χ0) is 89.9. The number of hydrogen-bond donors (Lipinski definition) is 1. The van der Waals surface area contributed by atoms with Crippen LogP contribution in [0.4, 0.5) is 0 Å². The molecule has 5 aliphatic heterocycles. The first-order chi connectivity index (χ1) is 63.3. The molecule has 30 heteroatoms. The third kappa shape index (κ3) is 20.1. The molecule has 0 unspecified atom stereocenters. The number of benzene rings is 4. The number of pyridine rings is 3. The zero-order valence-corrected chi connectivity index (χ0v) is 75.4. The molecular formula is C100H106Cl2N22O6. The molecule has 21 rings (SSSR count). The lowest BCUT2D eigenvalue weighted by molar-refractivity contribution is 0.0689. The van der Waals surface area contributed by atoms with Crippen LogP contribution in [0.2, 0.25) is 10.0 Å². The number of piperidine rings is 5. The number of imidazole rings is 2. The van der Waals surface area contributed by atoms with Gasteiger partial charge in [-0.05, 0) is 216 Å². The molecular weight excluding hydrogens is 1680 g/mol. The second-order valence-corrected chi connectivity index (χ2v) is 34.9. The number of rotatable bonds is 15. The summed E-state index contributed by atoms with van der Waals surface area (Å²) in [5, 5.41) is 19.2. The van der Waals surface area contributed by atoms with Crippen molar-refractivity contribution in [3.8, 4) is 34.4 Å². The second-order valence-electron chi connectivity index (χ2n) is 34.1. The van der Waals surface area contributed by atoms with E-state index in [1.807, 2.05) is 183 Å². The van der Waals surface area contributed by atoms with Crippen LogP contribution in [-0.2, 0) is 13.1 Å². The van der Waals surface area contributed by atoms with Crippen LogP contribution in [0.25, 0.3) is 89.4 Å². The van der Waals surface area contributed by atoms with Crippen LogP contribution in [0.1, 0.15) is 156 Å². The van der Waals surface area contributed by atoms with E-state index in [0.29, 0.717) is 50.7 Å². The Morgan fingerprint density at radius 3 is 1.67 bits per heavy atom. The fourth-order valence-corrected chi connectivity index (χ4v) is 17.9. The highest BCUT2D eigenvalue weighted by molar-refractivity contribution is 6.35. The van der Waals surface area contributed by atoms with Gasteiger partial charge in [0.15, 0.2) is 5.82 Å². The van der Waals surface area contributed by atoms with Crippen molar-refractivity contribution in [3.05, 3.63) is 283 Å². The Bertz CT molecular complexity index is 6520. The molecule has 0 radical (unpaired) electrons. The minimum atomic E-state index is -0.181. The summed E-state index contributed by atoms with van der Waals surface area (Å²) in [4.78, 5) is 99.9. The third-order valence-corrected chi connectivity index (χ3v) is 25.7. The SMILES string of the molecule is C=C(c1ccc2c(c1)ncn2-c1cccc(Cl)c1)N1CCC(O)CC1.CC1CCN(C(=O)c2cnc3c(c2)c(Cl)cn3-c2ccncn2)CC1.CCn1cnc(-n2ccc3cc(C(=O)N4CCCCC4)cnc32)c1.COc1ccc(Cn2cc(-n3ccc4cc(C(=O)N5CCCCC5)cnc43)cn2)cc1.Cc1cn(-c2cncnc2)c2ccc(C(=O)N3CCC(C)CC3)cc12. The topological polar surface area (TPSA) is 277 Å². The van der Waals surface area contributed by atoms with Gasteiger partial charge in [-0.15, -0.1) is 0 Å². The molecule has 0 aliphatic carbocycles. The number of hydrogen-bond acceptors (Lipinski definition) is 17. The van der Waals surface area contributed by atoms with Gasteiger partial charge in [-0.2, -0.15) is 5.10 Å². The Labute approximate surface area is 764 Å². The quantitative estimate of drug-likeness (QED) is 0.0998. The Balaban J connectivity index is 0.000000114. The van der Waals surface area contributed by atoms with Crippen LogP contribution in [-0.4, -0.2) is 214 Å². The van der Waals surface area contributed by atoms with Gasteiger partial charge in [-0.25, -0.2) is 44.9 Å². The van der Waals surface area contributed by atoms with Gasteiger partial charge in [-0.3, -0.25) is 42.1 Å². The molecule has 4 amide bonds. The normalized spacial score (nSPS) is 15.2. The first-order valence-electron chi connectivity index (χ1n) is 44.8. The fraction of sp³-hybridized carbons (Fsp3) is 0.320. The number of methoxy groups -OCH3 is 1. The summed E-state index contributed by atoms with van der Waals surface area (Å²) in [7, 11) is 1.66. The smallest absolute Gasteiger partial charge is 0.255 e. The van der Waals surface area contributed by atoms with Gasteiger partial charge in [-0.1, -0.05) is 67.9 Å². The number of halogens is 2. The Kier molecular flexibility index (Phi) is 27.4. The van der Waals surface area contributed by atoms with Crippen molar-refractivity contribution in [3.63, 3.8) is 0 Å². The number of aromatic nitrogens is 17. The number of aryl methyl sites for hydroxylation is 2. The summed E-state index contributed by atoms with van der Waals surface area (Å²) in [5.41, 5.74) is 15.2. The molecule has 0 spiro atoms. The van der Waals surface area contributed by atoms with Gasteiger partial charge >= 0.3 is 0 Å². The molecule has 5 saturated heterocycles. The number of aliphatic hydroxyl groups excluding tert-OH is 1. The second kappa shape index (κ2) is 40.3. The average molecular weight is 1780 g/mol. The van der Waals surface area contributed by atoms with Gasteiger partial charge in [0.25, 0.3) is 23.6 Å². The number of fused-ring (bicyclic) bond motifs is 5. The summed E-state index contributed by atoms with van der Waals surface area (Å²) in [6.45, 7) is 22.8. The number of likely N-dealkylation sites (tertiary alicyclic amines) is 5. The van der Waals surface area contributed by atoms with Crippen molar-refractivity contribution < 1.29 is 29.0 Å². The predicted octanol–water partition coefficient (Wildman–Crippen LogP) is 17.8. The van der Waals surface area contributed by atoms with E-state index in [-0.39, 0.29) is 29.7 Å². The fourth-order valence-electron chi connectivity index (χ4n) is 17.4. The third-order valence-electron chi connectivity index (χ3n) is 25.2. The molecule has 0 saturated carbocycles. The van der Waals surface area contributed by atoms with Crippen molar-refractivity contribution in [2.45, 2.75) is 124 Å². The van der Waals surface area contributed by atoms with Crippen molar-refractivity contribution in [1.82, 2.24) is 107 Å². The molecule has 0 bridgehead atoms. The number of aliphatic hydroxyl groups is 1. The maximum atomic E-state index is 12.8. The molecule has 16 aromatic rings. The summed E-state index contributed by atoms with van der Waals surface area (Å²) in [6.07, 6.45) is 42.9. The molecule has 4 aromatic carbocycles. The summed E-state index contributed by atoms with van der Waals surface area (Å²) in [5.74, 6) is 4.10. The van der Waals surface area contributed by atoms with Crippen LogP contribution in [0.5, 0.6) is 5.75 Å². The number of carbonyl (C=O) groups is 4. The molecule has 12 aromatic heterocycles. The lowest BCUT2D eigenvalue weighted by Gasteiger charge is -2.33. The summed E-state index contributed by atoms with van der Waals surface area (Å²) >= 11 is 12.5. The summed E-state index contributed by atoms with van der Waals surface area (Å²) in [6, 6.07) is 39.4. The molecule has 28 nitrogen and oxygen atoms in total. The van der Waals surface area contributed by atoms with Crippen LogP contribution in [0, 0.1) is 18.8 Å². The molecule has 1 N–H and O–H groups in total. The predicted molar refractivity (Wildman–Crippen MR) is 507 cm³/mol. The maximum Gasteiger partial charge on any atom is 0.255 e. The Hall–Kier alpha value is -13.7. The minimum Gasteiger partial charge on any atom is -0.497 e. The van der Waals surface area contributed by atoms with E-state index in [9.17, 15) is 24.3 Å². The Morgan fingerprint density at radius 1 is 0.469 bits per heavy atom. The Morgan fingerprint density at radius 2 is 1.05 bits per heavy atom. The van der Waals surface area contributed by atoms with E-state index in [1.54, 1.807) is 61.1 Å². The molecule has 5 fully saturated rings. The maximum absolute atomic E-state index is 12.8. The largest absolute Gasteiger partial charge is 0.497 e. The number of carbonyl (C=O) groups excluding carboxylic acids is 4. The molecule has 17 heterocycles. The standard InChI is InChI=1S/C24H25N5O2.C20H20ClN3O.C20H22N4O.C18H18ClN5O.C18H21N5O/c1-31-22-7-5-18(6-8-22)16-28-17-21(15-26-28)29-12-9-19-13-20(14-25-23(19)29)24(30)27-10-3-2-4-11-27;1-14(23-9-7-18(25)8-10-23)15-5-6-20-19(11-15)22-13-24(20)17-4-2-3-16(21)12-17;1-14-5-7-23(8-6-14)20(25)16-3-4-19-18(9-16)15(2)12-24(19)17-10-21-13-22-11-17;1-12-3-6-23(7-4-12)18(25)13-8-14-15(19)10-24(17(14)21-9-13)16-2-5-20-11-22-16;1-2-21-12-16(20-13-21)23-9-6-14-10-15(11-19-17(14)23)18(24)22-7-4-3-5-8-22/h5-9,12-15,17H,2-4,10-11,16H2,1H3;2-6,11-13,18,25H,1,7-10H2;3-4,9-14H,5-8H2,1-2H3;2,5,8-12H,3-4,6-7H2,1H3;6,9-13H,2-5,7-8H2,1H3. The van der Waals surface area contributed by atoms with Crippen molar-refractivity contribution in [2.24, 2.45) is 11.8 Å². The highest BCUT2D eigenvalue weighted by Gasteiger charge is 2.28. The van der Waals surface area contributed by atoms with Crippen LogP contribution < -0.4 is 4.74 Å². The minimum absolute atomic E-state index is 0.0205. The van der Waals surface area contributed by atoms with Crippen molar-refractivity contribution in [2.75, 3.05) is 72.6 Å².